The predicted octanol–water partition coefficient (Wildman–Crippen LogP) is -0.0124. The first-order valence-corrected chi connectivity index (χ1v) is 3.80. The zero-order valence-electron chi connectivity index (χ0n) is 6.15. The summed E-state index contributed by atoms with van der Waals surface area (Å²) < 4.78 is 1.72. The van der Waals surface area contributed by atoms with Gasteiger partial charge >= 0.3 is 0 Å². The lowest BCUT2D eigenvalue weighted by molar-refractivity contribution is 1.28. The molecule has 0 N–H and O–H groups in total. The molecule has 2 nitrogen and oxygen atoms in total. The van der Waals surface area contributed by atoms with Crippen molar-refractivity contribution in [2.45, 2.75) is 0 Å². The topological polar surface area (TPSA) is 17.8 Å². The van der Waals surface area contributed by atoms with E-state index in [1.54, 1.807) is 3.97 Å². The van der Waals surface area contributed by atoms with E-state index < -0.39 is 0 Å². The lowest BCUT2D eigenvalue weighted by atomic mass is 9.98. The summed E-state index contributed by atoms with van der Waals surface area (Å²) in [6.45, 7) is 0. The Morgan fingerprint density at radius 1 is 1.55 bits per heavy atom. The summed E-state index contributed by atoms with van der Waals surface area (Å²) in [5.41, 5.74) is 2.09. The summed E-state index contributed by atoms with van der Waals surface area (Å²) in [5.74, 6) is 0. The fraction of sp³-hybridized carbons (Fsp3) is 0. The number of rotatable bonds is 0. The molecular formula is C7H7BN2S. The second kappa shape index (κ2) is 2.31. The highest BCUT2D eigenvalue weighted by molar-refractivity contribution is 7.78. The molecule has 2 aromatic heterocycles. The minimum atomic E-state index is 0.916. The molecule has 0 aliphatic carbocycles. The van der Waals surface area contributed by atoms with Crippen molar-refractivity contribution in [2.75, 3.05) is 0 Å². The van der Waals surface area contributed by atoms with Gasteiger partial charge in [0.1, 0.15) is 13.5 Å². The van der Waals surface area contributed by atoms with Crippen LogP contribution in [0.15, 0.2) is 24.5 Å². The normalized spacial score (nSPS) is 10.6. The number of fused-ring (bicyclic) bond motifs is 1. The Morgan fingerprint density at radius 3 is 3.18 bits per heavy atom. The summed E-state index contributed by atoms with van der Waals surface area (Å²) in [6, 6.07) is 4.09. The third kappa shape index (κ3) is 1.03. The molecule has 54 valence electrons. The van der Waals surface area contributed by atoms with Crippen LogP contribution in [0.4, 0.5) is 0 Å². The molecule has 2 rings (SSSR count). The van der Waals surface area contributed by atoms with Crippen molar-refractivity contribution in [1.82, 2.24) is 8.96 Å². The Hall–Kier alpha value is -0.895. The summed E-state index contributed by atoms with van der Waals surface area (Å²) >= 11 is 4.19. The van der Waals surface area contributed by atoms with Gasteiger partial charge in [-0.2, -0.15) is 0 Å². The highest BCUT2D eigenvalue weighted by Crippen LogP contribution is 2.11. The molecule has 0 aliphatic heterocycles. The third-order valence-corrected chi connectivity index (χ3v) is 1.97. The van der Waals surface area contributed by atoms with E-state index >= 15 is 0 Å². The Labute approximate surface area is 71.2 Å². The molecule has 0 aromatic carbocycles. The van der Waals surface area contributed by atoms with Gasteiger partial charge in [-0.3, -0.25) is 3.97 Å². The van der Waals surface area contributed by atoms with Crippen molar-refractivity contribution in [1.29, 1.82) is 0 Å². The van der Waals surface area contributed by atoms with Crippen LogP contribution in [0.1, 0.15) is 0 Å². The smallest absolute Gasteiger partial charge is 0.149 e. The molecule has 2 heterocycles. The van der Waals surface area contributed by atoms with Crippen LogP contribution in [0.2, 0.25) is 0 Å². The summed E-state index contributed by atoms with van der Waals surface area (Å²) in [6.07, 6.45) is 3.73. The highest BCUT2D eigenvalue weighted by Gasteiger charge is 1.97. The zero-order chi connectivity index (χ0) is 7.84. The maximum Gasteiger partial charge on any atom is 0.149 e. The van der Waals surface area contributed by atoms with Crippen LogP contribution in [-0.4, -0.2) is 16.8 Å². The van der Waals surface area contributed by atoms with Gasteiger partial charge in [-0.25, -0.2) is 4.98 Å². The van der Waals surface area contributed by atoms with Crippen LogP contribution in [-0.2, 0) is 0 Å². The van der Waals surface area contributed by atoms with Crippen molar-refractivity contribution in [3.63, 3.8) is 0 Å². The molecular weight excluding hydrogens is 155 g/mol. The van der Waals surface area contributed by atoms with Gasteiger partial charge in [0.05, 0.1) is 0 Å². The monoisotopic (exact) mass is 162 g/mol. The number of aromatic nitrogens is 2. The maximum atomic E-state index is 4.23. The number of nitrogens with zero attached hydrogens (tertiary/aromatic N) is 2. The summed E-state index contributed by atoms with van der Waals surface area (Å²) in [4.78, 5) is 4.23. The van der Waals surface area contributed by atoms with Crippen LogP contribution < -0.4 is 5.46 Å². The largest absolute Gasteiger partial charge is 0.278 e. The fourth-order valence-electron chi connectivity index (χ4n) is 1.12. The molecule has 0 radical (unpaired) electrons. The first-order valence-electron chi connectivity index (χ1n) is 3.40. The summed E-state index contributed by atoms with van der Waals surface area (Å²) in [7, 11) is 2.03. The standard InChI is InChI=1S/C7H7BN2S/c8-6-3-5-1-2-10(11)7(5)9-4-6/h1-4,11H,8H2. The van der Waals surface area contributed by atoms with Crippen molar-refractivity contribution >= 4 is 37.2 Å². The highest BCUT2D eigenvalue weighted by atomic mass is 32.1. The molecule has 11 heavy (non-hydrogen) atoms. The number of hydrogen-bond acceptors (Lipinski definition) is 2. The van der Waals surface area contributed by atoms with Gasteiger partial charge in [0.15, 0.2) is 0 Å². The molecule has 0 spiro atoms. The van der Waals surface area contributed by atoms with Crippen LogP contribution in [0.5, 0.6) is 0 Å². The molecule has 0 amide bonds. The average molecular weight is 162 g/mol. The van der Waals surface area contributed by atoms with Crippen molar-refractivity contribution in [2.24, 2.45) is 0 Å². The quantitative estimate of drug-likeness (QED) is 0.426. The van der Waals surface area contributed by atoms with Gasteiger partial charge < -0.3 is 0 Å². The lowest BCUT2D eigenvalue weighted by Crippen LogP contribution is -2.01. The van der Waals surface area contributed by atoms with E-state index in [1.165, 1.54) is 5.46 Å². The molecule has 0 aliphatic rings. The average Bonchev–Trinajstić information content (AvgIpc) is 2.32. The van der Waals surface area contributed by atoms with Crippen LogP contribution in [0.3, 0.4) is 0 Å². The van der Waals surface area contributed by atoms with Crippen molar-refractivity contribution < 1.29 is 0 Å². The Kier molecular flexibility index (Phi) is 1.42. The Bertz CT molecular complexity index is 396. The van der Waals surface area contributed by atoms with E-state index in [0.29, 0.717) is 0 Å². The number of thiol groups is 1. The Balaban J connectivity index is 2.86. The van der Waals surface area contributed by atoms with Crippen LogP contribution >= 0.6 is 12.8 Å². The van der Waals surface area contributed by atoms with Crippen LogP contribution in [0, 0.1) is 0 Å². The van der Waals surface area contributed by atoms with Gasteiger partial charge in [0.25, 0.3) is 0 Å². The summed E-state index contributed by atoms with van der Waals surface area (Å²) in [5, 5.41) is 1.14. The van der Waals surface area contributed by atoms with E-state index in [2.05, 4.69) is 23.9 Å². The molecule has 0 saturated heterocycles. The first-order chi connectivity index (χ1) is 5.27. The molecule has 0 atom stereocenters. The predicted molar refractivity (Wildman–Crippen MR) is 52.3 cm³/mol. The van der Waals surface area contributed by atoms with Crippen LogP contribution in [0.25, 0.3) is 11.0 Å². The molecule has 0 fully saturated rings. The Morgan fingerprint density at radius 2 is 2.36 bits per heavy atom. The van der Waals surface area contributed by atoms with E-state index in [1.807, 2.05) is 26.3 Å². The maximum absolute atomic E-state index is 4.23. The van der Waals surface area contributed by atoms with E-state index in [4.69, 9.17) is 0 Å². The fourth-order valence-corrected chi connectivity index (χ4v) is 1.35. The van der Waals surface area contributed by atoms with E-state index in [9.17, 15) is 0 Å². The molecule has 2 aromatic rings. The lowest BCUT2D eigenvalue weighted by Gasteiger charge is -1.93. The first kappa shape index (κ1) is 6.79. The van der Waals surface area contributed by atoms with E-state index in [0.717, 1.165) is 11.0 Å². The molecule has 0 unspecified atom stereocenters. The number of pyridine rings is 1. The van der Waals surface area contributed by atoms with Crippen molar-refractivity contribution in [3.8, 4) is 0 Å². The van der Waals surface area contributed by atoms with Gasteiger partial charge in [0, 0.05) is 17.8 Å². The molecule has 0 saturated carbocycles. The van der Waals surface area contributed by atoms with E-state index in [-0.39, 0.29) is 0 Å². The molecule has 0 bridgehead atoms. The zero-order valence-corrected chi connectivity index (χ0v) is 7.05. The van der Waals surface area contributed by atoms with Gasteiger partial charge in [-0.1, -0.05) is 24.3 Å². The number of hydrogen-bond donors (Lipinski definition) is 1. The third-order valence-electron chi connectivity index (χ3n) is 1.64. The van der Waals surface area contributed by atoms with Gasteiger partial charge in [0.2, 0.25) is 0 Å². The second-order valence-electron chi connectivity index (χ2n) is 2.59. The minimum Gasteiger partial charge on any atom is -0.278 e. The van der Waals surface area contributed by atoms with Gasteiger partial charge in [-0.15, -0.1) is 0 Å². The SMILES string of the molecule is Bc1cnc2c(ccn2S)c1. The van der Waals surface area contributed by atoms with Crippen molar-refractivity contribution in [3.05, 3.63) is 24.5 Å². The minimum absolute atomic E-state index is 0.916. The molecule has 4 heteroatoms. The van der Waals surface area contributed by atoms with Gasteiger partial charge in [-0.05, 0) is 6.07 Å². The second-order valence-corrected chi connectivity index (χ2v) is 3.02.